The summed E-state index contributed by atoms with van der Waals surface area (Å²) < 4.78 is 0. The molecule has 0 bridgehead atoms. The Morgan fingerprint density at radius 1 is 1.25 bits per heavy atom. The molecule has 0 aromatic rings. The van der Waals surface area contributed by atoms with E-state index in [4.69, 9.17) is 5.73 Å². The first-order valence-electron chi connectivity index (χ1n) is 6.74. The van der Waals surface area contributed by atoms with Crippen LogP contribution in [-0.4, -0.2) is 18.5 Å². The Labute approximate surface area is 99.2 Å². The summed E-state index contributed by atoms with van der Waals surface area (Å²) in [6, 6.07) is 0.400. The maximum Gasteiger partial charge on any atom is 0.220 e. The predicted molar refractivity (Wildman–Crippen MR) is 67.1 cm³/mol. The largest absolute Gasteiger partial charge is 0.356 e. The number of amides is 1. The van der Waals surface area contributed by atoms with Gasteiger partial charge >= 0.3 is 0 Å². The normalized spacial score (nSPS) is 25.4. The molecule has 0 spiro atoms. The van der Waals surface area contributed by atoms with E-state index in [2.05, 4.69) is 12.2 Å². The van der Waals surface area contributed by atoms with Crippen molar-refractivity contribution in [2.24, 2.45) is 11.7 Å². The van der Waals surface area contributed by atoms with Gasteiger partial charge in [0.1, 0.15) is 0 Å². The van der Waals surface area contributed by atoms with Gasteiger partial charge in [0.05, 0.1) is 0 Å². The Kier molecular flexibility index (Phi) is 6.46. The van der Waals surface area contributed by atoms with Gasteiger partial charge in [-0.3, -0.25) is 4.79 Å². The Balaban J connectivity index is 2.03. The summed E-state index contributed by atoms with van der Waals surface area (Å²) in [5.41, 5.74) is 5.85. The first-order valence-corrected chi connectivity index (χ1v) is 6.74. The molecule has 0 unspecified atom stereocenters. The van der Waals surface area contributed by atoms with Crippen molar-refractivity contribution >= 4 is 5.91 Å². The summed E-state index contributed by atoms with van der Waals surface area (Å²) >= 11 is 0. The second-order valence-electron chi connectivity index (χ2n) is 5.04. The lowest BCUT2D eigenvalue weighted by atomic mass is 9.86. The minimum absolute atomic E-state index is 0.225. The Bertz CT molecular complexity index is 198. The third kappa shape index (κ3) is 5.50. The van der Waals surface area contributed by atoms with E-state index in [0.29, 0.717) is 18.4 Å². The third-order valence-corrected chi connectivity index (χ3v) is 3.49. The zero-order valence-electron chi connectivity index (χ0n) is 10.5. The van der Waals surface area contributed by atoms with Crippen LogP contribution in [0.3, 0.4) is 0 Å². The number of nitrogens with one attached hydrogen (secondary N) is 1. The SMILES string of the molecule is CCCCCC(=O)NCC1CCC(N)CC1. The van der Waals surface area contributed by atoms with Crippen LogP contribution in [-0.2, 0) is 4.79 Å². The molecule has 94 valence electrons. The molecule has 1 rings (SSSR count). The number of rotatable bonds is 6. The fraction of sp³-hybridized carbons (Fsp3) is 0.923. The lowest BCUT2D eigenvalue weighted by Gasteiger charge is -2.26. The second kappa shape index (κ2) is 7.66. The van der Waals surface area contributed by atoms with Crippen LogP contribution in [0.4, 0.5) is 0 Å². The van der Waals surface area contributed by atoms with Gasteiger partial charge in [-0.1, -0.05) is 19.8 Å². The number of hydrogen-bond acceptors (Lipinski definition) is 2. The van der Waals surface area contributed by atoms with Gasteiger partial charge in [0.25, 0.3) is 0 Å². The molecule has 1 aliphatic carbocycles. The first kappa shape index (κ1) is 13.5. The van der Waals surface area contributed by atoms with E-state index in [1.807, 2.05) is 0 Å². The second-order valence-corrected chi connectivity index (χ2v) is 5.04. The van der Waals surface area contributed by atoms with Crippen molar-refractivity contribution in [3.8, 4) is 0 Å². The third-order valence-electron chi connectivity index (χ3n) is 3.49. The van der Waals surface area contributed by atoms with Crippen molar-refractivity contribution in [1.29, 1.82) is 0 Å². The number of carbonyl (C=O) groups is 1. The van der Waals surface area contributed by atoms with Gasteiger partial charge < -0.3 is 11.1 Å². The molecule has 3 heteroatoms. The molecule has 0 saturated heterocycles. The van der Waals surface area contributed by atoms with Crippen LogP contribution >= 0.6 is 0 Å². The summed E-state index contributed by atoms with van der Waals surface area (Å²) in [6.45, 7) is 3.01. The number of nitrogens with two attached hydrogens (primary N) is 1. The highest BCUT2D eigenvalue weighted by molar-refractivity contribution is 5.75. The molecule has 0 aromatic heterocycles. The molecule has 0 aromatic carbocycles. The standard InChI is InChI=1S/C13H26N2O/c1-2-3-4-5-13(16)15-10-11-6-8-12(14)9-7-11/h11-12H,2-10,14H2,1H3,(H,15,16). The first-order chi connectivity index (χ1) is 7.72. The highest BCUT2D eigenvalue weighted by atomic mass is 16.1. The molecule has 0 atom stereocenters. The van der Waals surface area contributed by atoms with E-state index in [0.717, 1.165) is 32.2 Å². The van der Waals surface area contributed by atoms with Crippen LogP contribution < -0.4 is 11.1 Å². The fourth-order valence-electron chi connectivity index (χ4n) is 2.27. The van der Waals surface area contributed by atoms with Gasteiger partial charge in [-0.15, -0.1) is 0 Å². The fourth-order valence-corrected chi connectivity index (χ4v) is 2.27. The molecular weight excluding hydrogens is 200 g/mol. The molecule has 1 amide bonds. The number of hydrogen-bond donors (Lipinski definition) is 2. The lowest BCUT2D eigenvalue weighted by molar-refractivity contribution is -0.121. The molecule has 0 heterocycles. The number of carbonyl (C=O) groups excluding carboxylic acids is 1. The van der Waals surface area contributed by atoms with E-state index in [-0.39, 0.29) is 5.91 Å². The summed E-state index contributed by atoms with van der Waals surface area (Å²) in [6.07, 6.45) is 8.65. The highest BCUT2D eigenvalue weighted by Gasteiger charge is 2.18. The molecule has 1 fully saturated rings. The maximum absolute atomic E-state index is 11.5. The van der Waals surface area contributed by atoms with Gasteiger partial charge in [0.15, 0.2) is 0 Å². The summed E-state index contributed by atoms with van der Waals surface area (Å²) in [4.78, 5) is 11.5. The van der Waals surface area contributed by atoms with Crippen molar-refractivity contribution in [1.82, 2.24) is 5.32 Å². The summed E-state index contributed by atoms with van der Waals surface area (Å²) in [5.74, 6) is 0.887. The average molecular weight is 226 g/mol. The average Bonchev–Trinajstić information content (AvgIpc) is 2.29. The smallest absolute Gasteiger partial charge is 0.220 e. The topological polar surface area (TPSA) is 55.1 Å². The van der Waals surface area contributed by atoms with Crippen LogP contribution in [0, 0.1) is 5.92 Å². The van der Waals surface area contributed by atoms with Crippen LogP contribution in [0.5, 0.6) is 0 Å². The van der Waals surface area contributed by atoms with E-state index in [9.17, 15) is 4.79 Å². The van der Waals surface area contributed by atoms with Gasteiger partial charge in [0, 0.05) is 19.0 Å². The molecule has 3 nitrogen and oxygen atoms in total. The van der Waals surface area contributed by atoms with Crippen molar-refractivity contribution < 1.29 is 4.79 Å². The van der Waals surface area contributed by atoms with Crippen LogP contribution in [0.1, 0.15) is 58.3 Å². The minimum Gasteiger partial charge on any atom is -0.356 e. The van der Waals surface area contributed by atoms with Crippen LogP contribution in [0.25, 0.3) is 0 Å². The van der Waals surface area contributed by atoms with Gasteiger partial charge in [-0.05, 0) is 38.0 Å². The van der Waals surface area contributed by atoms with Gasteiger partial charge in [-0.25, -0.2) is 0 Å². The molecule has 1 aliphatic rings. The highest BCUT2D eigenvalue weighted by Crippen LogP contribution is 2.22. The monoisotopic (exact) mass is 226 g/mol. The molecule has 16 heavy (non-hydrogen) atoms. The van der Waals surface area contributed by atoms with Crippen molar-refractivity contribution in [3.05, 3.63) is 0 Å². The Morgan fingerprint density at radius 3 is 2.56 bits per heavy atom. The molecule has 0 radical (unpaired) electrons. The predicted octanol–water partition coefficient (Wildman–Crippen LogP) is 2.20. The van der Waals surface area contributed by atoms with Crippen molar-refractivity contribution in [2.45, 2.75) is 64.3 Å². The molecule has 3 N–H and O–H groups in total. The van der Waals surface area contributed by atoms with E-state index >= 15 is 0 Å². The minimum atomic E-state index is 0.225. The Hall–Kier alpha value is -0.570. The summed E-state index contributed by atoms with van der Waals surface area (Å²) in [7, 11) is 0. The van der Waals surface area contributed by atoms with E-state index in [1.165, 1.54) is 19.3 Å². The van der Waals surface area contributed by atoms with Gasteiger partial charge in [0.2, 0.25) is 5.91 Å². The quantitative estimate of drug-likeness (QED) is 0.682. The van der Waals surface area contributed by atoms with Crippen molar-refractivity contribution in [2.75, 3.05) is 6.54 Å². The van der Waals surface area contributed by atoms with Crippen molar-refractivity contribution in [3.63, 3.8) is 0 Å². The van der Waals surface area contributed by atoms with E-state index in [1.54, 1.807) is 0 Å². The zero-order chi connectivity index (χ0) is 11.8. The van der Waals surface area contributed by atoms with Gasteiger partial charge in [-0.2, -0.15) is 0 Å². The zero-order valence-corrected chi connectivity index (χ0v) is 10.5. The lowest BCUT2D eigenvalue weighted by Crippen LogP contribution is -2.34. The van der Waals surface area contributed by atoms with Crippen LogP contribution in [0.2, 0.25) is 0 Å². The Morgan fingerprint density at radius 2 is 1.94 bits per heavy atom. The summed E-state index contributed by atoms with van der Waals surface area (Å²) in [5, 5.41) is 3.05. The van der Waals surface area contributed by atoms with Crippen LogP contribution in [0.15, 0.2) is 0 Å². The van der Waals surface area contributed by atoms with E-state index < -0.39 is 0 Å². The maximum atomic E-state index is 11.5. The molecule has 0 aliphatic heterocycles. The molecular formula is C13H26N2O. The molecule has 1 saturated carbocycles. The number of unbranched alkanes of at least 4 members (excludes halogenated alkanes) is 2.